The van der Waals surface area contributed by atoms with Gasteiger partial charge in [0.05, 0.1) is 0 Å². The summed E-state index contributed by atoms with van der Waals surface area (Å²) < 4.78 is 0. The standard InChI is InChI=1S/C14H28B2NO2/c1-6-8-10-14(5,19)17(16-15)11-12(18)13(3,4)9-7-2/h19H,6-11H2,1-5H3. The van der Waals surface area contributed by atoms with Gasteiger partial charge in [-0.2, -0.15) is 0 Å². The van der Waals surface area contributed by atoms with Crippen molar-refractivity contribution in [2.24, 2.45) is 5.41 Å². The molecule has 0 aromatic heterocycles. The molecule has 0 spiro atoms. The molecule has 0 aromatic carbocycles. The lowest BCUT2D eigenvalue weighted by molar-refractivity contribution is -0.133. The average Bonchev–Trinajstić information content (AvgIpc) is 2.32. The number of rotatable bonds is 10. The predicted molar refractivity (Wildman–Crippen MR) is 82.1 cm³/mol. The summed E-state index contributed by atoms with van der Waals surface area (Å²) in [5.41, 5.74) is -1.42. The van der Waals surface area contributed by atoms with Crippen LogP contribution in [0.3, 0.4) is 0 Å². The summed E-state index contributed by atoms with van der Waals surface area (Å²) in [7, 11) is 6.91. The van der Waals surface area contributed by atoms with Gasteiger partial charge in [-0.1, -0.05) is 40.5 Å². The van der Waals surface area contributed by atoms with Crippen LogP contribution in [0, 0.1) is 5.41 Å². The van der Waals surface area contributed by atoms with Crippen LogP contribution >= 0.6 is 0 Å². The quantitative estimate of drug-likeness (QED) is 0.486. The number of Topliss-reactive ketones (excluding diaryl/α,β-unsaturated/α-hetero) is 1. The van der Waals surface area contributed by atoms with Gasteiger partial charge in [0.15, 0.2) is 13.1 Å². The summed E-state index contributed by atoms with van der Waals surface area (Å²) >= 11 is 0. The lowest BCUT2D eigenvalue weighted by Crippen LogP contribution is -2.52. The zero-order valence-corrected chi connectivity index (χ0v) is 13.2. The monoisotopic (exact) mass is 264 g/mol. The number of carbonyl (C=O) groups excluding carboxylic acids is 1. The Morgan fingerprint density at radius 3 is 2.21 bits per heavy atom. The molecular weight excluding hydrogens is 236 g/mol. The fourth-order valence-corrected chi connectivity index (χ4v) is 2.17. The highest BCUT2D eigenvalue weighted by molar-refractivity contribution is 6.87. The summed E-state index contributed by atoms with van der Waals surface area (Å²) in [5, 5.41) is 10.4. The molecule has 1 atom stereocenters. The minimum atomic E-state index is -1.05. The SMILES string of the molecule is [B][B]N(CC(=O)C(C)(C)CCC)C(C)(O)CCCC. The van der Waals surface area contributed by atoms with Gasteiger partial charge in [-0.25, -0.2) is 0 Å². The van der Waals surface area contributed by atoms with Crippen molar-refractivity contribution in [2.75, 3.05) is 6.54 Å². The normalized spacial score (nSPS) is 15.3. The Morgan fingerprint density at radius 1 is 1.21 bits per heavy atom. The first kappa shape index (κ1) is 18.7. The fraction of sp³-hybridized carbons (Fsp3) is 0.929. The molecule has 0 bridgehead atoms. The molecule has 5 heteroatoms. The Kier molecular flexibility index (Phi) is 7.99. The molecule has 0 saturated carbocycles. The van der Waals surface area contributed by atoms with Crippen molar-refractivity contribution < 1.29 is 9.90 Å². The summed E-state index contributed by atoms with van der Waals surface area (Å²) in [6.07, 6.45) is 4.34. The van der Waals surface area contributed by atoms with E-state index in [1.165, 1.54) is 7.31 Å². The van der Waals surface area contributed by atoms with Crippen LogP contribution in [0.25, 0.3) is 0 Å². The summed E-state index contributed by atoms with van der Waals surface area (Å²) in [6.45, 7) is 9.93. The van der Waals surface area contributed by atoms with E-state index in [9.17, 15) is 9.90 Å². The van der Waals surface area contributed by atoms with Crippen LogP contribution < -0.4 is 0 Å². The third-order valence-corrected chi connectivity index (χ3v) is 3.75. The van der Waals surface area contributed by atoms with Crippen LogP contribution in [0.4, 0.5) is 0 Å². The average molecular weight is 264 g/mol. The molecule has 0 saturated heterocycles. The van der Waals surface area contributed by atoms with E-state index in [1.807, 2.05) is 13.8 Å². The second-order valence-electron chi connectivity index (χ2n) is 6.15. The third-order valence-electron chi connectivity index (χ3n) is 3.75. The van der Waals surface area contributed by atoms with Crippen LogP contribution in [-0.4, -0.2) is 43.0 Å². The number of hydrogen-bond donors (Lipinski definition) is 1. The Morgan fingerprint density at radius 2 is 1.79 bits per heavy atom. The molecule has 0 aliphatic carbocycles. The topological polar surface area (TPSA) is 40.5 Å². The van der Waals surface area contributed by atoms with Crippen molar-refractivity contribution in [3.8, 4) is 0 Å². The Bertz CT molecular complexity index is 281. The number of nitrogens with zero attached hydrogens (tertiary/aromatic N) is 1. The molecule has 0 rings (SSSR count). The number of carbonyl (C=O) groups is 1. The van der Waals surface area contributed by atoms with Gasteiger partial charge in [0.2, 0.25) is 0 Å². The molecule has 0 amide bonds. The van der Waals surface area contributed by atoms with Crippen LogP contribution in [0.1, 0.15) is 66.7 Å². The van der Waals surface area contributed by atoms with E-state index >= 15 is 0 Å². The summed E-state index contributed by atoms with van der Waals surface area (Å²) in [4.78, 5) is 13.9. The van der Waals surface area contributed by atoms with Gasteiger partial charge in [0.1, 0.15) is 5.72 Å². The van der Waals surface area contributed by atoms with Gasteiger partial charge in [-0.05, 0) is 26.2 Å². The van der Waals surface area contributed by atoms with Crippen LogP contribution in [0.15, 0.2) is 0 Å². The van der Waals surface area contributed by atoms with Gasteiger partial charge in [-0.15, -0.1) is 0 Å². The van der Waals surface area contributed by atoms with Gasteiger partial charge >= 0.3 is 0 Å². The molecule has 3 nitrogen and oxygen atoms in total. The second-order valence-corrected chi connectivity index (χ2v) is 6.15. The van der Waals surface area contributed by atoms with Crippen molar-refractivity contribution in [1.82, 2.24) is 4.81 Å². The number of aliphatic hydroxyl groups is 1. The van der Waals surface area contributed by atoms with Crippen LogP contribution in [-0.2, 0) is 4.79 Å². The molecule has 1 N–H and O–H groups in total. The number of hydrogen-bond acceptors (Lipinski definition) is 3. The largest absolute Gasteiger partial charge is 0.377 e. The van der Waals surface area contributed by atoms with Gasteiger partial charge in [-0.3, -0.25) is 4.79 Å². The molecular formula is C14H28B2NO2. The number of unbranched alkanes of at least 4 members (excludes halogenated alkanes) is 1. The highest BCUT2D eigenvalue weighted by atomic mass is 16.3. The highest BCUT2D eigenvalue weighted by Crippen LogP contribution is 2.26. The molecule has 1 unspecified atom stereocenters. The molecule has 0 aromatic rings. The lowest BCUT2D eigenvalue weighted by Gasteiger charge is -2.38. The Balaban J connectivity index is 4.67. The molecule has 19 heavy (non-hydrogen) atoms. The second kappa shape index (κ2) is 8.11. The molecule has 107 valence electrons. The van der Waals surface area contributed by atoms with E-state index < -0.39 is 5.72 Å². The van der Waals surface area contributed by atoms with E-state index in [4.69, 9.17) is 7.74 Å². The van der Waals surface area contributed by atoms with Gasteiger partial charge in [0.25, 0.3) is 0 Å². The predicted octanol–water partition coefficient (Wildman–Crippen LogP) is 2.29. The first-order valence-electron chi connectivity index (χ1n) is 7.28. The minimum absolute atomic E-state index is 0.118. The van der Waals surface area contributed by atoms with Crippen molar-refractivity contribution in [3.63, 3.8) is 0 Å². The zero-order chi connectivity index (χ0) is 15.1. The lowest BCUT2D eigenvalue weighted by atomic mass is 9.63. The smallest absolute Gasteiger partial charge is 0.152 e. The van der Waals surface area contributed by atoms with Crippen LogP contribution in [0.2, 0.25) is 0 Å². The van der Waals surface area contributed by atoms with Crippen molar-refractivity contribution in [1.29, 1.82) is 0 Å². The van der Waals surface area contributed by atoms with E-state index in [-0.39, 0.29) is 17.7 Å². The molecule has 0 fully saturated rings. The summed E-state index contributed by atoms with van der Waals surface area (Å²) in [5.74, 6) is 0.118. The van der Waals surface area contributed by atoms with E-state index in [2.05, 4.69) is 13.8 Å². The molecule has 0 aliphatic rings. The first-order valence-corrected chi connectivity index (χ1v) is 7.28. The zero-order valence-electron chi connectivity index (χ0n) is 13.2. The first-order chi connectivity index (χ1) is 8.71. The van der Waals surface area contributed by atoms with Gasteiger partial charge in [0, 0.05) is 19.7 Å². The van der Waals surface area contributed by atoms with Crippen molar-refractivity contribution in [2.45, 2.75) is 72.4 Å². The van der Waals surface area contributed by atoms with E-state index in [0.717, 1.165) is 25.7 Å². The maximum Gasteiger partial charge on any atom is 0.152 e. The van der Waals surface area contributed by atoms with Crippen molar-refractivity contribution in [3.05, 3.63) is 0 Å². The van der Waals surface area contributed by atoms with E-state index in [1.54, 1.807) is 11.7 Å². The molecule has 0 aliphatic heterocycles. The van der Waals surface area contributed by atoms with Crippen LogP contribution in [0.5, 0.6) is 0 Å². The molecule has 3 radical (unpaired) electrons. The Labute approximate surface area is 120 Å². The fourth-order valence-electron chi connectivity index (χ4n) is 2.17. The highest BCUT2D eigenvalue weighted by Gasteiger charge is 2.33. The Hall–Kier alpha value is -0.280. The maximum absolute atomic E-state index is 12.3. The van der Waals surface area contributed by atoms with Gasteiger partial charge < -0.3 is 9.92 Å². The molecule has 0 heterocycles. The minimum Gasteiger partial charge on any atom is -0.377 e. The van der Waals surface area contributed by atoms with Crippen molar-refractivity contribution >= 4 is 20.8 Å². The number of ketones is 1. The third kappa shape index (κ3) is 6.13. The maximum atomic E-state index is 12.3. The van der Waals surface area contributed by atoms with E-state index in [0.29, 0.717) is 6.42 Å². The summed E-state index contributed by atoms with van der Waals surface area (Å²) in [6, 6.07) is 0.